The fraction of sp³-hybridized carbons (Fsp3) is 0.480. The van der Waals surface area contributed by atoms with E-state index < -0.39 is 5.41 Å². The Morgan fingerprint density at radius 2 is 1.81 bits per heavy atom. The van der Waals surface area contributed by atoms with Crippen molar-refractivity contribution in [1.29, 1.82) is 0 Å². The Morgan fingerprint density at radius 3 is 2.62 bits per heavy atom. The van der Waals surface area contributed by atoms with Crippen molar-refractivity contribution in [1.82, 2.24) is 9.88 Å². The standard InChI is InChI=1S/C25H30N2O5/c1-30-22-20(9-6-14-26-22)23(28)27-15-12-25(13-16-27)11-5-4-8-19-7-2-3-10-21(19)31-17-18-32-24(25)29/h2-3,6-7,9-10,14H,4-5,8,11-13,15-18H2,1H3. The number of amides is 1. The van der Waals surface area contributed by atoms with Crippen LogP contribution in [-0.4, -0.2) is 55.2 Å². The molecule has 2 aliphatic rings. The Morgan fingerprint density at radius 1 is 1.03 bits per heavy atom. The molecule has 1 spiro atoms. The molecule has 0 aliphatic carbocycles. The number of ether oxygens (including phenoxy) is 3. The van der Waals surface area contributed by atoms with Crippen molar-refractivity contribution < 1.29 is 23.8 Å². The Labute approximate surface area is 188 Å². The Balaban J connectivity index is 1.43. The van der Waals surface area contributed by atoms with E-state index in [1.54, 1.807) is 23.2 Å². The predicted octanol–water partition coefficient (Wildman–Crippen LogP) is 3.66. The summed E-state index contributed by atoms with van der Waals surface area (Å²) in [7, 11) is 1.51. The first kappa shape index (κ1) is 22.1. The number of carbonyl (C=O) groups excluding carboxylic acids is 2. The van der Waals surface area contributed by atoms with Gasteiger partial charge < -0.3 is 19.1 Å². The highest BCUT2D eigenvalue weighted by molar-refractivity contribution is 5.96. The zero-order valence-electron chi connectivity index (χ0n) is 18.5. The molecule has 1 saturated heterocycles. The van der Waals surface area contributed by atoms with E-state index in [0.717, 1.165) is 31.4 Å². The number of fused-ring (bicyclic) bond motifs is 1. The molecule has 7 nitrogen and oxygen atoms in total. The summed E-state index contributed by atoms with van der Waals surface area (Å²) in [5.41, 5.74) is 1.09. The number of methoxy groups -OCH3 is 1. The molecule has 0 atom stereocenters. The monoisotopic (exact) mass is 438 g/mol. The number of aryl methyl sites for hydroxylation is 1. The van der Waals surface area contributed by atoms with Crippen LogP contribution in [0.15, 0.2) is 42.6 Å². The molecular weight excluding hydrogens is 408 g/mol. The van der Waals surface area contributed by atoms with Crippen LogP contribution in [0.25, 0.3) is 0 Å². The summed E-state index contributed by atoms with van der Waals surface area (Å²) in [5.74, 6) is 0.914. The lowest BCUT2D eigenvalue weighted by Crippen LogP contribution is -2.47. The van der Waals surface area contributed by atoms with Gasteiger partial charge in [-0.2, -0.15) is 0 Å². The zero-order valence-corrected chi connectivity index (χ0v) is 18.5. The number of aromatic nitrogens is 1. The highest BCUT2D eigenvalue weighted by Gasteiger charge is 2.43. The summed E-state index contributed by atoms with van der Waals surface area (Å²) < 4.78 is 16.7. The molecule has 4 rings (SSSR count). The molecule has 0 N–H and O–H groups in total. The lowest BCUT2D eigenvalue weighted by atomic mass is 9.74. The van der Waals surface area contributed by atoms with Gasteiger partial charge in [0.15, 0.2) is 0 Å². The number of hydrogen-bond acceptors (Lipinski definition) is 6. The van der Waals surface area contributed by atoms with E-state index >= 15 is 0 Å². The average molecular weight is 439 g/mol. The number of para-hydroxylation sites is 1. The molecule has 0 bridgehead atoms. The van der Waals surface area contributed by atoms with Gasteiger partial charge in [-0.15, -0.1) is 0 Å². The Kier molecular flexibility index (Phi) is 6.93. The van der Waals surface area contributed by atoms with E-state index in [2.05, 4.69) is 11.1 Å². The Bertz CT molecular complexity index is 953. The van der Waals surface area contributed by atoms with Gasteiger partial charge in [0.25, 0.3) is 5.91 Å². The minimum absolute atomic E-state index is 0.115. The molecule has 2 aliphatic heterocycles. The molecule has 1 fully saturated rings. The molecule has 2 aromatic rings. The number of pyridine rings is 1. The highest BCUT2D eigenvalue weighted by atomic mass is 16.6. The second-order valence-corrected chi connectivity index (χ2v) is 8.43. The van der Waals surface area contributed by atoms with E-state index in [1.807, 2.05) is 18.2 Å². The van der Waals surface area contributed by atoms with Crippen molar-refractivity contribution in [3.05, 3.63) is 53.7 Å². The van der Waals surface area contributed by atoms with Crippen LogP contribution in [0.2, 0.25) is 0 Å². The summed E-state index contributed by atoms with van der Waals surface area (Å²) in [5, 5.41) is 0. The van der Waals surface area contributed by atoms with Gasteiger partial charge in [0.1, 0.15) is 24.5 Å². The van der Waals surface area contributed by atoms with Crippen LogP contribution < -0.4 is 9.47 Å². The second kappa shape index (κ2) is 10.0. The minimum Gasteiger partial charge on any atom is -0.490 e. The normalized spacial score (nSPS) is 19.0. The van der Waals surface area contributed by atoms with Gasteiger partial charge in [-0.1, -0.05) is 24.6 Å². The summed E-state index contributed by atoms with van der Waals surface area (Å²) in [6.45, 7) is 1.57. The van der Waals surface area contributed by atoms with Crippen LogP contribution in [0.1, 0.15) is 48.0 Å². The molecule has 0 radical (unpaired) electrons. The van der Waals surface area contributed by atoms with Crippen LogP contribution in [0.5, 0.6) is 11.6 Å². The first-order valence-electron chi connectivity index (χ1n) is 11.3. The van der Waals surface area contributed by atoms with Crippen molar-refractivity contribution in [2.75, 3.05) is 33.4 Å². The molecule has 1 aromatic carbocycles. The molecule has 32 heavy (non-hydrogen) atoms. The van der Waals surface area contributed by atoms with Gasteiger partial charge in [-0.05, 0) is 55.9 Å². The molecular formula is C25H30N2O5. The van der Waals surface area contributed by atoms with Crippen LogP contribution in [0.4, 0.5) is 0 Å². The maximum absolute atomic E-state index is 13.1. The topological polar surface area (TPSA) is 78.0 Å². The average Bonchev–Trinajstić information content (AvgIpc) is 2.84. The predicted molar refractivity (Wildman–Crippen MR) is 119 cm³/mol. The largest absolute Gasteiger partial charge is 0.490 e. The SMILES string of the molecule is COc1ncccc1C(=O)N1CCC2(CCCCc3ccccc3OCCOC2=O)CC1. The highest BCUT2D eigenvalue weighted by Crippen LogP contribution is 2.39. The van der Waals surface area contributed by atoms with E-state index in [0.29, 0.717) is 44.0 Å². The van der Waals surface area contributed by atoms with Gasteiger partial charge in [-0.3, -0.25) is 9.59 Å². The van der Waals surface area contributed by atoms with Crippen molar-refractivity contribution in [2.24, 2.45) is 5.41 Å². The summed E-state index contributed by atoms with van der Waals surface area (Å²) in [6, 6.07) is 11.5. The van der Waals surface area contributed by atoms with E-state index in [-0.39, 0.29) is 18.5 Å². The number of cyclic esters (lactones) is 1. The number of esters is 1. The number of piperidine rings is 1. The third kappa shape index (κ3) is 4.71. The molecule has 0 saturated carbocycles. The van der Waals surface area contributed by atoms with Crippen LogP contribution in [0.3, 0.4) is 0 Å². The maximum atomic E-state index is 13.1. The lowest BCUT2D eigenvalue weighted by Gasteiger charge is -2.40. The maximum Gasteiger partial charge on any atom is 0.312 e. The summed E-state index contributed by atoms with van der Waals surface area (Å²) in [6.07, 6.45) is 6.39. The smallest absolute Gasteiger partial charge is 0.312 e. The Hall–Kier alpha value is -3.09. The van der Waals surface area contributed by atoms with Crippen molar-refractivity contribution >= 4 is 11.9 Å². The van der Waals surface area contributed by atoms with Crippen molar-refractivity contribution in [3.63, 3.8) is 0 Å². The molecule has 3 heterocycles. The molecule has 7 heteroatoms. The third-order valence-electron chi connectivity index (χ3n) is 6.53. The fourth-order valence-corrected chi connectivity index (χ4v) is 4.65. The third-order valence-corrected chi connectivity index (χ3v) is 6.53. The first-order chi connectivity index (χ1) is 15.6. The molecule has 1 amide bonds. The minimum atomic E-state index is -0.547. The summed E-state index contributed by atoms with van der Waals surface area (Å²) in [4.78, 5) is 32.0. The first-order valence-corrected chi connectivity index (χ1v) is 11.3. The van der Waals surface area contributed by atoms with Gasteiger partial charge in [0.05, 0.1) is 12.5 Å². The summed E-state index contributed by atoms with van der Waals surface area (Å²) >= 11 is 0. The van der Waals surface area contributed by atoms with Gasteiger partial charge in [-0.25, -0.2) is 4.98 Å². The van der Waals surface area contributed by atoms with Crippen molar-refractivity contribution in [3.8, 4) is 11.6 Å². The number of likely N-dealkylation sites (tertiary alicyclic amines) is 1. The number of carbonyl (C=O) groups is 2. The van der Waals surface area contributed by atoms with Gasteiger partial charge in [0.2, 0.25) is 5.88 Å². The van der Waals surface area contributed by atoms with Gasteiger partial charge in [0, 0.05) is 19.3 Å². The molecule has 1 aromatic heterocycles. The zero-order chi connectivity index (χ0) is 22.4. The number of rotatable bonds is 2. The molecule has 170 valence electrons. The quantitative estimate of drug-likeness (QED) is 0.666. The number of nitrogens with zero attached hydrogens (tertiary/aromatic N) is 2. The van der Waals surface area contributed by atoms with E-state index in [1.165, 1.54) is 12.7 Å². The van der Waals surface area contributed by atoms with Crippen LogP contribution in [-0.2, 0) is 16.0 Å². The van der Waals surface area contributed by atoms with E-state index in [9.17, 15) is 9.59 Å². The van der Waals surface area contributed by atoms with Crippen LogP contribution in [0, 0.1) is 5.41 Å². The van der Waals surface area contributed by atoms with Gasteiger partial charge >= 0.3 is 5.97 Å². The van der Waals surface area contributed by atoms with E-state index in [4.69, 9.17) is 14.2 Å². The van der Waals surface area contributed by atoms with Crippen LogP contribution >= 0.6 is 0 Å². The number of hydrogen-bond donors (Lipinski definition) is 0. The lowest BCUT2D eigenvalue weighted by molar-refractivity contribution is -0.160. The second-order valence-electron chi connectivity index (χ2n) is 8.43. The molecule has 0 unspecified atom stereocenters. The van der Waals surface area contributed by atoms with Crippen molar-refractivity contribution in [2.45, 2.75) is 38.5 Å². The fourth-order valence-electron chi connectivity index (χ4n) is 4.65. The number of benzene rings is 1.